The second kappa shape index (κ2) is 7.71. The number of carboxylic acid groups (broad SMARTS) is 1. The summed E-state index contributed by atoms with van der Waals surface area (Å²) in [6.07, 6.45) is 4.19. The van der Waals surface area contributed by atoms with Crippen molar-refractivity contribution < 1.29 is 24.1 Å². The fraction of sp³-hybridized carbons (Fsp3) is 0.500. The number of aromatic carboxylic acids is 1. The van der Waals surface area contributed by atoms with Gasteiger partial charge in [-0.05, 0) is 29.5 Å². The van der Waals surface area contributed by atoms with E-state index in [-0.39, 0.29) is 29.2 Å². The van der Waals surface area contributed by atoms with E-state index in [2.05, 4.69) is 20.8 Å². The van der Waals surface area contributed by atoms with Crippen LogP contribution in [0.15, 0.2) is 29.2 Å². The molecule has 1 aromatic heterocycles. The molecule has 1 N–H and O–H groups in total. The third kappa shape index (κ3) is 3.82. The summed E-state index contributed by atoms with van der Waals surface area (Å²) in [5.41, 5.74) is 1.74. The molecule has 166 valence electrons. The summed E-state index contributed by atoms with van der Waals surface area (Å²) < 4.78 is 19.1. The van der Waals surface area contributed by atoms with Gasteiger partial charge in [-0.1, -0.05) is 20.8 Å². The highest BCUT2D eigenvalue weighted by atomic mass is 16.5. The lowest BCUT2D eigenvalue weighted by molar-refractivity contribution is -0.0388. The summed E-state index contributed by atoms with van der Waals surface area (Å²) in [6, 6.07) is 5.31. The van der Waals surface area contributed by atoms with Gasteiger partial charge in [0.2, 0.25) is 0 Å². The summed E-state index contributed by atoms with van der Waals surface area (Å²) in [4.78, 5) is 24.1. The van der Waals surface area contributed by atoms with Crippen molar-refractivity contribution in [3.05, 3.63) is 45.7 Å². The van der Waals surface area contributed by atoms with Crippen LogP contribution in [0, 0.1) is 5.41 Å². The van der Waals surface area contributed by atoms with Crippen LogP contribution in [0.1, 0.15) is 55.6 Å². The number of fused-ring (bicyclic) bond motifs is 3. The van der Waals surface area contributed by atoms with Gasteiger partial charge in [-0.25, -0.2) is 4.79 Å². The summed E-state index contributed by atoms with van der Waals surface area (Å²) >= 11 is 0. The molecule has 0 saturated heterocycles. The third-order valence-electron chi connectivity index (χ3n) is 6.40. The minimum atomic E-state index is -1.21. The van der Waals surface area contributed by atoms with Crippen LogP contribution in [-0.4, -0.2) is 42.1 Å². The van der Waals surface area contributed by atoms with Gasteiger partial charge >= 0.3 is 5.97 Å². The van der Waals surface area contributed by atoms with Crippen LogP contribution in [0.4, 0.5) is 0 Å². The molecule has 0 bridgehead atoms. The number of pyridine rings is 1. The molecular weight excluding hydrogens is 398 g/mol. The van der Waals surface area contributed by atoms with Crippen molar-refractivity contribution in [2.75, 3.05) is 14.2 Å². The summed E-state index contributed by atoms with van der Waals surface area (Å²) in [5.74, 6) is 0.0662. The third-order valence-corrected chi connectivity index (χ3v) is 6.40. The highest BCUT2D eigenvalue weighted by molar-refractivity contribution is 5.88. The van der Waals surface area contributed by atoms with Gasteiger partial charge in [0.05, 0.1) is 18.9 Å². The van der Waals surface area contributed by atoms with E-state index >= 15 is 0 Å². The molecule has 2 heterocycles. The fourth-order valence-corrected chi connectivity index (χ4v) is 4.46. The van der Waals surface area contributed by atoms with E-state index in [4.69, 9.17) is 14.2 Å². The fourth-order valence-electron chi connectivity index (χ4n) is 4.46. The number of aromatic nitrogens is 1. The molecule has 1 unspecified atom stereocenters. The molecule has 1 aromatic carbocycles. The van der Waals surface area contributed by atoms with E-state index in [1.54, 1.807) is 14.2 Å². The molecule has 0 amide bonds. The standard InChI is InChI=1S/C24H29NO6/c1-24(2,3)22-7-13-6-21(31-15-8-14(9-15)29-4)20(30-5)10-16(13)18-11-19(26)17(23(27)28)12-25(18)22/h6,10-12,14-15,22H,7-9H2,1-5H3,(H,27,28). The molecule has 4 rings (SSSR count). The summed E-state index contributed by atoms with van der Waals surface area (Å²) in [5, 5.41) is 9.46. The zero-order chi connectivity index (χ0) is 22.5. The maximum atomic E-state index is 12.5. The quantitative estimate of drug-likeness (QED) is 0.778. The molecule has 0 radical (unpaired) electrons. The molecule has 1 atom stereocenters. The van der Waals surface area contributed by atoms with Crippen molar-refractivity contribution in [2.45, 2.75) is 58.3 Å². The average Bonchev–Trinajstić information content (AvgIpc) is 2.67. The number of benzene rings is 1. The number of hydrogen-bond acceptors (Lipinski definition) is 5. The van der Waals surface area contributed by atoms with Crippen LogP contribution in [0.25, 0.3) is 11.3 Å². The summed E-state index contributed by atoms with van der Waals surface area (Å²) in [6.45, 7) is 6.35. The van der Waals surface area contributed by atoms with Crippen molar-refractivity contribution in [3.63, 3.8) is 0 Å². The van der Waals surface area contributed by atoms with Crippen molar-refractivity contribution >= 4 is 5.97 Å². The number of methoxy groups -OCH3 is 2. The monoisotopic (exact) mass is 427 g/mol. The smallest absolute Gasteiger partial charge is 0.341 e. The van der Waals surface area contributed by atoms with E-state index < -0.39 is 11.4 Å². The van der Waals surface area contributed by atoms with Crippen LogP contribution in [0.5, 0.6) is 11.5 Å². The van der Waals surface area contributed by atoms with Crippen LogP contribution in [-0.2, 0) is 11.2 Å². The molecule has 2 aliphatic rings. The Morgan fingerprint density at radius 1 is 1.10 bits per heavy atom. The topological polar surface area (TPSA) is 87.0 Å². The Balaban J connectivity index is 1.82. The largest absolute Gasteiger partial charge is 0.493 e. The molecule has 2 aromatic rings. The first kappa shape index (κ1) is 21.4. The first-order valence-corrected chi connectivity index (χ1v) is 10.5. The lowest BCUT2D eigenvalue weighted by Gasteiger charge is -2.39. The number of ether oxygens (including phenoxy) is 3. The van der Waals surface area contributed by atoms with E-state index in [1.807, 2.05) is 16.7 Å². The molecule has 31 heavy (non-hydrogen) atoms. The average molecular weight is 427 g/mol. The Kier molecular flexibility index (Phi) is 5.33. The Hall–Kier alpha value is -2.80. The van der Waals surface area contributed by atoms with Gasteiger partial charge in [0.1, 0.15) is 11.7 Å². The number of rotatable bonds is 5. The first-order valence-electron chi connectivity index (χ1n) is 10.5. The molecular formula is C24H29NO6. The van der Waals surface area contributed by atoms with Crippen LogP contribution in [0.2, 0.25) is 0 Å². The van der Waals surface area contributed by atoms with Gasteiger partial charge in [0, 0.05) is 43.8 Å². The first-order chi connectivity index (χ1) is 14.6. The zero-order valence-corrected chi connectivity index (χ0v) is 18.6. The molecule has 1 saturated carbocycles. The number of hydrogen-bond donors (Lipinski definition) is 1. The predicted octanol–water partition coefficient (Wildman–Crippen LogP) is 3.92. The highest BCUT2D eigenvalue weighted by Gasteiger charge is 2.35. The lowest BCUT2D eigenvalue weighted by atomic mass is 9.78. The number of nitrogens with zero attached hydrogens (tertiary/aromatic N) is 1. The second-order valence-electron chi connectivity index (χ2n) is 9.46. The molecule has 1 aliphatic heterocycles. The van der Waals surface area contributed by atoms with Crippen molar-refractivity contribution in [3.8, 4) is 22.8 Å². The van der Waals surface area contributed by atoms with Crippen LogP contribution < -0.4 is 14.9 Å². The van der Waals surface area contributed by atoms with Gasteiger partial charge in [-0.3, -0.25) is 4.79 Å². The molecule has 0 spiro atoms. The normalized spacial score (nSPS) is 22.2. The van der Waals surface area contributed by atoms with Crippen molar-refractivity contribution in [1.29, 1.82) is 0 Å². The predicted molar refractivity (Wildman–Crippen MR) is 116 cm³/mol. The maximum absolute atomic E-state index is 12.5. The SMILES string of the molecule is COc1cc2c(cc1OC1CC(OC)C1)CC(C(C)(C)C)n1cc(C(=O)O)c(=O)cc1-2. The molecule has 7 heteroatoms. The van der Waals surface area contributed by atoms with E-state index in [0.717, 1.165) is 24.0 Å². The van der Waals surface area contributed by atoms with Crippen LogP contribution >= 0.6 is 0 Å². The minimum absolute atomic E-state index is 0.0171. The van der Waals surface area contributed by atoms with Crippen molar-refractivity contribution in [2.24, 2.45) is 5.41 Å². The van der Waals surface area contributed by atoms with Gasteiger partial charge in [-0.15, -0.1) is 0 Å². The lowest BCUT2D eigenvalue weighted by Crippen LogP contribution is -2.39. The molecule has 1 aliphatic carbocycles. The number of carboxylic acids is 1. The van der Waals surface area contributed by atoms with Crippen molar-refractivity contribution in [1.82, 2.24) is 4.57 Å². The zero-order valence-electron chi connectivity index (χ0n) is 18.6. The minimum Gasteiger partial charge on any atom is -0.493 e. The van der Waals surface area contributed by atoms with Gasteiger partial charge in [0.15, 0.2) is 16.9 Å². The number of carbonyl (C=O) groups is 1. The Labute approximate surface area is 181 Å². The summed E-state index contributed by atoms with van der Waals surface area (Å²) in [7, 11) is 3.30. The Morgan fingerprint density at radius 3 is 2.39 bits per heavy atom. The highest BCUT2D eigenvalue weighted by Crippen LogP contribution is 2.46. The van der Waals surface area contributed by atoms with E-state index in [9.17, 15) is 14.7 Å². The van der Waals surface area contributed by atoms with E-state index in [1.165, 1.54) is 12.3 Å². The second-order valence-corrected chi connectivity index (χ2v) is 9.46. The maximum Gasteiger partial charge on any atom is 0.341 e. The van der Waals surface area contributed by atoms with Gasteiger partial charge < -0.3 is 23.9 Å². The van der Waals surface area contributed by atoms with Gasteiger partial charge in [-0.2, -0.15) is 0 Å². The Morgan fingerprint density at radius 2 is 1.81 bits per heavy atom. The van der Waals surface area contributed by atoms with E-state index in [0.29, 0.717) is 23.6 Å². The Bertz CT molecular complexity index is 1070. The van der Waals surface area contributed by atoms with Crippen LogP contribution in [0.3, 0.4) is 0 Å². The van der Waals surface area contributed by atoms with Gasteiger partial charge in [0.25, 0.3) is 0 Å². The molecule has 7 nitrogen and oxygen atoms in total. The molecule has 1 fully saturated rings.